The molecule has 0 amide bonds. The highest BCUT2D eigenvalue weighted by atomic mass is 16.5. The number of fused-ring (bicyclic) bond motifs is 1. The Morgan fingerprint density at radius 3 is 2.68 bits per heavy atom. The standard InChI is InChI=1S/C16H30N2O/c1-12-4-8-18(9-5-12)10-7-17-14-13-6-11-19-15(13)16(14,2)3/h12-15,17H,4-11H2,1-3H3. The molecule has 0 aromatic rings. The van der Waals surface area contributed by atoms with Crippen LogP contribution in [0.15, 0.2) is 0 Å². The van der Waals surface area contributed by atoms with Gasteiger partial charge in [-0.2, -0.15) is 0 Å². The summed E-state index contributed by atoms with van der Waals surface area (Å²) >= 11 is 0. The molecule has 3 nitrogen and oxygen atoms in total. The van der Waals surface area contributed by atoms with E-state index in [1.165, 1.54) is 38.9 Å². The van der Waals surface area contributed by atoms with Crippen LogP contribution in [0.1, 0.15) is 40.0 Å². The number of piperidine rings is 1. The van der Waals surface area contributed by atoms with Crippen LogP contribution in [-0.4, -0.2) is 49.8 Å². The van der Waals surface area contributed by atoms with Gasteiger partial charge in [0.2, 0.25) is 0 Å². The van der Waals surface area contributed by atoms with Gasteiger partial charge in [0.1, 0.15) is 0 Å². The van der Waals surface area contributed by atoms with Crippen LogP contribution in [0.25, 0.3) is 0 Å². The van der Waals surface area contributed by atoms with Crippen molar-refractivity contribution in [1.29, 1.82) is 0 Å². The van der Waals surface area contributed by atoms with Gasteiger partial charge in [0.25, 0.3) is 0 Å². The van der Waals surface area contributed by atoms with Gasteiger partial charge in [-0.05, 0) is 38.3 Å². The Hall–Kier alpha value is -0.120. The van der Waals surface area contributed by atoms with E-state index >= 15 is 0 Å². The maximum Gasteiger partial charge on any atom is 0.0685 e. The Labute approximate surface area is 118 Å². The van der Waals surface area contributed by atoms with Crippen molar-refractivity contribution in [2.75, 3.05) is 32.8 Å². The fourth-order valence-electron chi connectivity index (χ4n) is 4.40. The second kappa shape index (κ2) is 5.34. The van der Waals surface area contributed by atoms with Crippen LogP contribution in [0.2, 0.25) is 0 Å². The van der Waals surface area contributed by atoms with Crippen LogP contribution in [0.5, 0.6) is 0 Å². The number of hydrogen-bond acceptors (Lipinski definition) is 3. The summed E-state index contributed by atoms with van der Waals surface area (Å²) in [6, 6.07) is 0.670. The molecule has 0 spiro atoms. The minimum atomic E-state index is 0.331. The third kappa shape index (κ3) is 2.57. The van der Waals surface area contributed by atoms with Crippen molar-refractivity contribution in [3.63, 3.8) is 0 Å². The summed E-state index contributed by atoms with van der Waals surface area (Å²) in [5, 5.41) is 3.82. The number of ether oxygens (including phenoxy) is 1. The first-order valence-corrected chi connectivity index (χ1v) is 8.16. The second-order valence-corrected chi connectivity index (χ2v) is 7.52. The molecule has 3 aliphatic rings. The van der Waals surface area contributed by atoms with E-state index in [4.69, 9.17) is 4.74 Å². The summed E-state index contributed by atoms with van der Waals surface area (Å²) in [4.78, 5) is 2.63. The predicted molar refractivity (Wildman–Crippen MR) is 78.3 cm³/mol. The van der Waals surface area contributed by atoms with Gasteiger partial charge in [0, 0.05) is 37.1 Å². The molecule has 0 radical (unpaired) electrons. The Bertz CT molecular complexity index is 310. The van der Waals surface area contributed by atoms with Crippen molar-refractivity contribution < 1.29 is 4.74 Å². The molecule has 2 saturated heterocycles. The Morgan fingerprint density at radius 2 is 1.95 bits per heavy atom. The lowest BCUT2D eigenvalue weighted by Crippen LogP contribution is -2.66. The molecule has 0 aromatic heterocycles. The van der Waals surface area contributed by atoms with Crippen LogP contribution in [0.3, 0.4) is 0 Å². The minimum Gasteiger partial charge on any atom is -0.377 e. The molecule has 110 valence electrons. The summed E-state index contributed by atoms with van der Waals surface area (Å²) in [6.45, 7) is 13.0. The molecular formula is C16H30N2O. The van der Waals surface area contributed by atoms with Crippen molar-refractivity contribution >= 4 is 0 Å². The van der Waals surface area contributed by atoms with Crippen LogP contribution in [-0.2, 0) is 4.74 Å². The van der Waals surface area contributed by atoms with Crippen LogP contribution in [0.4, 0.5) is 0 Å². The molecule has 3 atom stereocenters. The van der Waals surface area contributed by atoms with E-state index in [1.54, 1.807) is 0 Å². The fourth-order valence-corrected chi connectivity index (χ4v) is 4.40. The highest BCUT2D eigenvalue weighted by Crippen LogP contribution is 2.51. The molecule has 1 saturated carbocycles. The highest BCUT2D eigenvalue weighted by molar-refractivity contribution is 5.11. The third-order valence-electron chi connectivity index (χ3n) is 5.77. The first kappa shape index (κ1) is 13.8. The largest absolute Gasteiger partial charge is 0.377 e. The summed E-state index contributed by atoms with van der Waals surface area (Å²) in [5.74, 6) is 1.71. The van der Waals surface area contributed by atoms with Gasteiger partial charge in [-0.25, -0.2) is 0 Å². The van der Waals surface area contributed by atoms with E-state index in [1.807, 2.05) is 0 Å². The van der Waals surface area contributed by atoms with Gasteiger partial charge >= 0.3 is 0 Å². The first-order valence-electron chi connectivity index (χ1n) is 8.16. The topological polar surface area (TPSA) is 24.5 Å². The average Bonchev–Trinajstić information content (AvgIpc) is 2.83. The number of nitrogens with one attached hydrogen (secondary N) is 1. The van der Waals surface area contributed by atoms with Crippen molar-refractivity contribution in [2.45, 2.75) is 52.2 Å². The average molecular weight is 266 g/mol. The molecule has 2 aliphatic heterocycles. The van der Waals surface area contributed by atoms with E-state index in [0.29, 0.717) is 17.6 Å². The lowest BCUT2D eigenvalue weighted by Gasteiger charge is -2.55. The fraction of sp³-hybridized carbons (Fsp3) is 1.00. The number of nitrogens with zero attached hydrogens (tertiary/aromatic N) is 1. The molecule has 0 aromatic carbocycles. The normalized spacial score (nSPS) is 39.0. The second-order valence-electron chi connectivity index (χ2n) is 7.52. The smallest absolute Gasteiger partial charge is 0.0685 e. The molecular weight excluding hydrogens is 236 g/mol. The first-order chi connectivity index (χ1) is 9.09. The quantitative estimate of drug-likeness (QED) is 0.843. The molecule has 19 heavy (non-hydrogen) atoms. The number of likely N-dealkylation sites (tertiary alicyclic amines) is 1. The molecule has 1 N–H and O–H groups in total. The molecule has 2 heterocycles. The van der Waals surface area contributed by atoms with Crippen LogP contribution < -0.4 is 5.32 Å². The third-order valence-corrected chi connectivity index (χ3v) is 5.77. The maximum atomic E-state index is 5.86. The zero-order chi connectivity index (χ0) is 13.5. The Morgan fingerprint density at radius 1 is 1.21 bits per heavy atom. The molecule has 3 heteroatoms. The van der Waals surface area contributed by atoms with Crippen molar-refractivity contribution in [2.24, 2.45) is 17.3 Å². The van der Waals surface area contributed by atoms with Crippen molar-refractivity contribution in [3.8, 4) is 0 Å². The van der Waals surface area contributed by atoms with Gasteiger partial charge in [-0.3, -0.25) is 0 Å². The Balaban J connectivity index is 1.41. The van der Waals surface area contributed by atoms with Crippen molar-refractivity contribution in [3.05, 3.63) is 0 Å². The SMILES string of the molecule is CC1CCN(CCNC2C3CCOC3C2(C)C)CC1. The van der Waals surface area contributed by atoms with Crippen LogP contribution in [0, 0.1) is 17.3 Å². The predicted octanol–water partition coefficient (Wildman–Crippen LogP) is 2.12. The zero-order valence-electron chi connectivity index (χ0n) is 12.8. The monoisotopic (exact) mass is 266 g/mol. The molecule has 3 rings (SSSR count). The highest BCUT2D eigenvalue weighted by Gasteiger charge is 2.58. The van der Waals surface area contributed by atoms with Gasteiger partial charge in [0.15, 0.2) is 0 Å². The number of hydrogen-bond donors (Lipinski definition) is 1. The maximum absolute atomic E-state index is 5.86. The van der Waals surface area contributed by atoms with Crippen LogP contribution >= 0.6 is 0 Å². The summed E-state index contributed by atoms with van der Waals surface area (Å²) in [6.07, 6.45) is 4.54. The lowest BCUT2D eigenvalue weighted by molar-refractivity contribution is -0.112. The van der Waals surface area contributed by atoms with Gasteiger partial charge in [0.05, 0.1) is 6.10 Å². The summed E-state index contributed by atoms with van der Waals surface area (Å²) in [7, 11) is 0. The van der Waals surface area contributed by atoms with E-state index in [2.05, 4.69) is 31.0 Å². The summed E-state index contributed by atoms with van der Waals surface area (Å²) in [5.41, 5.74) is 0.331. The zero-order valence-corrected chi connectivity index (χ0v) is 12.8. The van der Waals surface area contributed by atoms with E-state index < -0.39 is 0 Å². The van der Waals surface area contributed by atoms with E-state index in [0.717, 1.165) is 25.0 Å². The number of rotatable bonds is 4. The molecule has 1 aliphatic carbocycles. The van der Waals surface area contributed by atoms with Gasteiger partial charge in [-0.1, -0.05) is 20.8 Å². The Kier molecular flexibility index (Phi) is 3.89. The summed E-state index contributed by atoms with van der Waals surface area (Å²) < 4.78 is 5.86. The van der Waals surface area contributed by atoms with Gasteiger partial charge < -0.3 is 15.0 Å². The lowest BCUT2D eigenvalue weighted by atomic mass is 9.57. The molecule has 3 unspecified atom stereocenters. The molecule has 0 bridgehead atoms. The minimum absolute atomic E-state index is 0.331. The van der Waals surface area contributed by atoms with E-state index in [-0.39, 0.29) is 0 Å². The molecule has 3 fully saturated rings. The van der Waals surface area contributed by atoms with Gasteiger partial charge in [-0.15, -0.1) is 0 Å². The van der Waals surface area contributed by atoms with Crippen molar-refractivity contribution in [1.82, 2.24) is 10.2 Å². The van der Waals surface area contributed by atoms with E-state index in [9.17, 15) is 0 Å².